The number of carbonyl (C=O) groups is 3. The van der Waals surface area contributed by atoms with Gasteiger partial charge in [0.25, 0.3) is 5.91 Å². The van der Waals surface area contributed by atoms with E-state index in [-0.39, 0.29) is 18.0 Å². The van der Waals surface area contributed by atoms with Crippen LogP contribution in [0.25, 0.3) is 0 Å². The van der Waals surface area contributed by atoms with Gasteiger partial charge in [-0.1, -0.05) is 0 Å². The first kappa shape index (κ1) is 19.0. The number of nitrogens with zero attached hydrogens (tertiary/aromatic N) is 2. The number of likely N-dealkylation sites (tertiary alicyclic amines) is 1. The summed E-state index contributed by atoms with van der Waals surface area (Å²) in [5.74, 6) is 0.638. The molecule has 146 valence electrons. The van der Waals surface area contributed by atoms with E-state index in [4.69, 9.17) is 4.74 Å². The molecule has 7 heteroatoms. The van der Waals surface area contributed by atoms with Gasteiger partial charge in [-0.15, -0.1) is 0 Å². The highest BCUT2D eigenvalue weighted by molar-refractivity contribution is 6.07. The van der Waals surface area contributed by atoms with Crippen molar-refractivity contribution in [1.29, 1.82) is 0 Å². The first-order valence-electron chi connectivity index (χ1n) is 9.72. The van der Waals surface area contributed by atoms with Gasteiger partial charge in [-0.25, -0.2) is 9.59 Å². The van der Waals surface area contributed by atoms with E-state index in [0.29, 0.717) is 31.5 Å². The lowest BCUT2D eigenvalue weighted by atomic mass is 9.93. The van der Waals surface area contributed by atoms with Crippen molar-refractivity contribution in [1.82, 2.24) is 15.1 Å². The van der Waals surface area contributed by atoms with Crippen molar-refractivity contribution in [3.05, 3.63) is 0 Å². The predicted molar refractivity (Wildman–Crippen MR) is 96.5 cm³/mol. The Labute approximate surface area is 155 Å². The van der Waals surface area contributed by atoms with Crippen molar-refractivity contribution >= 4 is 18.0 Å². The van der Waals surface area contributed by atoms with E-state index < -0.39 is 11.1 Å². The number of piperidine rings is 1. The van der Waals surface area contributed by atoms with Crippen LogP contribution in [0, 0.1) is 11.8 Å². The maximum atomic E-state index is 12.6. The SMILES string of the molecule is CC(C)(C)OC(=O)N1CCC(CCN2C(=O)N[C@](C)(C3CC3)C2=O)CC1. The van der Waals surface area contributed by atoms with Crippen LogP contribution >= 0.6 is 0 Å². The number of ether oxygens (including phenoxy) is 1. The maximum absolute atomic E-state index is 12.6. The second-order valence-corrected chi connectivity index (χ2v) is 9.06. The topological polar surface area (TPSA) is 79.0 Å². The molecule has 0 aromatic heterocycles. The molecule has 1 saturated carbocycles. The molecule has 0 radical (unpaired) electrons. The zero-order valence-electron chi connectivity index (χ0n) is 16.3. The Kier molecular flexibility index (Phi) is 4.92. The highest BCUT2D eigenvalue weighted by atomic mass is 16.6. The zero-order valence-corrected chi connectivity index (χ0v) is 16.3. The van der Waals surface area contributed by atoms with Gasteiger partial charge >= 0.3 is 12.1 Å². The molecular weight excluding hydrogens is 334 g/mol. The molecule has 3 aliphatic rings. The number of imide groups is 1. The number of carbonyl (C=O) groups excluding carboxylic acids is 3. The quantitative estimate of drug-likeness (QED) is 0.777. The molecular formula is C19H31N3O4. The molecule has 4 amide bonds. The van der Waals surface area contributed by atoms with Crippen LogP contribution in [0.3, 0.4) is 0 Å². The largest absolute Gasteiger partial charge is 0.444 e. The van der Waals surface area contributed by atoms with Crippen LogP contribution in [-0.4, -0.2) is 58.6 Å². The lowest BCUT2D eigenvalue weighted by Gasteiger charge is -2.33. The summed E-state index contributed by atoms with van der Waals surface area (Å²) in [6.07, 6.45) is 4.32. The third-order valence-electron chi connectivity index (χ3n) is 5.72. The average molecular weight is 365 g/mol. The van der Waals surface area contributed by atoms with Crippen molar-refractivity contribution in [3.63, 3.8) is 0 Å². The third-order valence-corrected chi connectivity index (χ3v) is 5.72. The molecule has 1 N–H and O–H groups in total. The molecule has 2 heterocycles. The molecule has 2 saturated heterocycles. The third kappa shape index (κ3) is 3.96. The zero-order chi connectivity index (χ0) is 19.1. The van der Waals surface area contributed by atoms with Crippen LogP contribution < -0.4 is 5.32 Å². The monoisotopic (exact) mass is 365 g/mol. The Morgan fingerprint density at radius 1 is 1.19 bits per heavy atom. The maximum Gasteiger partial charge on any atom is 0.410 e. The summed E-state index contributed by atoms with van der Waals surface area (Å²) in [6, 6.07) is -0.254. The van der Waals surface area contributed by atoms with Crippen LogP contribution in [0.5, 0.6) is 0 Å². The molecule has 0 unspecified atom stereocenters. The number of urea groups is 1. The van der Waals surface area contributed by atoms with Gasteiger partial charge in [0.15, 0.2) is 0 Å². The molecule has 1 atom stereocenters. The molecule has 0 spiro atoms. The van der Waals surface area contributed by atoms with Gasteiger partial charge in [0.1, 0.15) is 11.1 Å². The van der Waals surface area contributed by atoms with E-state index >= 15 is 0 Å². The normalized spacial score (nSPS) is 27.7. The molecule has 0 bridgehead atoms. The molecule has 26 heavy (non-hydrogen) atoms. The van der Waals surface area contributed by atoms with Gasteiger partial charge in [0, 0.05) is 19.6 Å². The number of amides is 4. The summed E-state index contributed by atoms with van der Waals surface area (Å²) in [6.45, 7) is 9.24. The van der Waals surface area contributed by atoms with Gasteiger partial charge < -0.3 is 15.0 Å². The molecule has 2 aliphatic heterocycles. The van der Waals surface area contributed by atoms with Crippen molar-refractivity contribution < 1.29 is 19.1 Å². The first-order valence-corrected chi connectivity index (χ1v) is 9.72. The highest BCUT2D eigenvalue weighted by Gasteiger charge is 2.55. The molecule has 0 aromatic rings. The Morgan fingerprint density at radius 2 is 1.81 bits per heavy atom. The summed E-state index contributed by atoms with van der Waals surface area (Å²) in [5, 5.41) is 2.89. The van der Waals surface area contributed by atoms with Gasteiger partial charge in [-0.2, -0.15) is 0 Å². The average Bonchev–Trinajstić information content (AvgIpc) is 3.36. The van der Waals surface area contributed by atoms with Crippen molar-refractivity contribution in [2.75, 3.05) is 19.6 Å². The Morgan fingerprint density at radius 3 is 2.35 bits per heavy atom. The second kappa shape index (κ2) is 6.74. The van der Waals surface area contributed by atoms with Gasteiger partial charge in [-0.05, 0) is 71.6 Å². The minimum atomic E-state index is -0.697. The van der Waals surface area contributed by atoms with E-state index in [2.05, 4.69) is 5.32 Å². The number of nitrogens with one attached hydrogen (secondary N) is 1. The van der Waals surface area contributed by atoms with E-state index in [0.717, 1.165) is 32.1 Å². The lowest BCUT2D eigenvalue weighted by Crippen LogP contribution is -2.46. The van der Waals surface area contributed by atoms with Crippen molar-refractivity contribution in [3.8, 4) is 0 Å². The Hall–Kier alpha value is -1.79. The minimum absolute atomic E-state index is 0.0730. The Bertz CT molecular complexity index is 588. The standard InChI is InChI=1S/C19H31N3O4/c1-18(2,3)26-17(25)21-10-7-13(8-11-21)9-12-22-15(23)19(4,14-5-6-14)20-16(22)24/h13-14H,5-12H2,1-4H3,(H,20,24)/t19-/m1/s1. The van der Waals surface area contributed by atoms with E-state index in [1.54, 1.807) is 4.90 Å². The fourth-order valence-electron chi connectivity index (χ4n) is 3.90. The highest BCUT2D eigenvalue weighted by Crippen LogP contribution is 2.42. The summed E-state index contributed by atoms with van der Waals surface area (Å²) in [7, 11) is 0. The second-order valence-electron chi connectivity index (χ2n) is 9.06. The van der Waals surface area contributed by atoms with Crippen molar-refractivity contribution in [2.45, 2.75) is 70.9 Å². The minimum Gasteiger partial charge on any atom is -0.444 e. The van der Waals surface area contributed by atoms with Gasteiger partial charge in [0.2, 0.25) is 0 Å². The number of hydrogen-bond acceptors (Lipinski definition) is 4. The van der Waals surface area contributed by atoms with E-state index in [1.807, 2.05) is 27.7 Å². The summed E-state index contributed by atoms with van der Waals surface area (Å²) in [5.41, 5.74) is -1.18. The fourth-order valence-corrected chi connectivity index (χ4v) is 3.90. The number of rotatable bonds is 4. The summed E-state index contributed by atoms with van der Waals surface area (Å²) >= 11 is 0. The van der Waals surface area contributed by atoms with E-state index in [1.165, 1.54) is 4.90 Å². The van der Waals surface area contributed by atoms with Crippen LogP contribution in [0.1, 0.15) is 59.8 Å². The molecule has 3 rings (SSSR count). The number of hydrogen-bond donors (Lipinski definition) is 1. The summed E-state index contributed by atoms with van der Waals surface area (Å²) < 4.78 is 5.41. The van der Waals surface area contributed by atoms with E-state index in [9.17, 15) is 14.4 Å². The van der Waals surface area contributed by atoms with Crippen LogP contribution in [0.15, 0.2) is 0 Å². The Balaban J connectivity index is 1.45. The van der Waals surface area contributed by atoms with Gasteiger partial charge in [0.05, 0.1) is 0 Å². The fraction of sp³-hybridized carbons (Fsp3) is 0.842. The molecule has 3 fully saturated rings. The lowest BCUT2D eigenvalue weighted by molar-refractivity contribution is -0.131. The smallest absolute Gasteiger partial charge is 0.410 e. The van der Waals surface area contributed by atoms with Gasteiger partial charge in [-0.3, -0.25) is 9.69 Å². The van der Waals surface area contributed by atoms with Crippen LogP contribution in [-0.2, 0) is 9.53 Å². The summed E-state index contributed by atoms with van der Waals surface area (Å²) in [4.78, 5) is 40.1. The first-order chi connectivity index (χ1) is 12.1. The molecule has 1 aliphatic carbocycles. The molecule has 0 aromatic carbocycles. The predicted octanol–water partition coefficient (Wildman–Crippen LogP) is 2.74. The van der Waals surface area contributed by atoms with Crippen LogP contribution in [0.4, 0.5) is 9.59 Å². The van der Waals surface area contributed by atoms with Crippen LogP contribution in [0.2, 0.25) is 0 Å². The molecule has 7 nitrogen and oxygen atoms in total. The van der Waals surface area contributed by atoms with Crippen molar-refractivity contribution in [2.24, 2.45) is 11.8 Å².